The van der Waals surface area contributed by atoms with Gasteiger partial charge in [0.05, 0.1) is 11.1 Å². The van der Waals surface area contributed by atoms with E-state index < -0.39 is 23.4 Å². The number of nitrogens with zero attached hydrogens (tertiary/aromatic N) is 2. The van der Waals surface area contributed by atoms with Gasteiger partial charge in [0.15, 0.2) is 0 Å². The smallest absolute Gasteiger partial charge is 0.256 e. The van der Waals surface area contributed by atoms with E-state index in [1.54, 1.807) is 12.1 Å². The van der Waals surface area contributed by atoms with Gasteiger partial charge in [0, 0.05) is 26.2 Å². The lowest BCUT2D eigenvalue weighted by Crippen LogP contribution is -2.37. The minimum atomic E-state index is -0.559. The second-order valence-corrected chi connectivity index (χ2v) is 5.90. The molecule has 1 aliphatic rings. The number of halogens is 2. The fraction of sp³-hybridized carbons (Fsp3) is 0.263. The highest BCUT2D eigenvalue weighted by Crippen LogP contribution is 2.15. The summed E-state index contributed by atoms with van der Waals surface area (Å²) in [7, 11) is 0. The maximum absolute atomic E-state index is 13.8. The van der Waals surface area contributed by atoms with Crippen LogP contribution in [-0.4, -0.2) is 47.8 Å². The zero-order valence-electron chi connectivity index (χ0n) is 13.6. The van der Waals surface area contributed by atoms with E-state index in [4.69, 9.17) is 0 Å². The van der Waals surface area contributed by atoms with Crippen molar-refractivity contribution >= 4 is 11.8 Å². The summed E-state index contributed by atoms with van der Waals surface area (Å²) in [5.41, 5.74) is 0.0489. The van der Waals surface area contributed by atoms with Crippen molar-refractivity contribution in [3.05, 3.63) is 71.3 Å². The van der Waals surface area contributed by atoms with Gasteiger partial charge in [-0.3, -0.25) is 9.59 Å². The summed E-state index contributed by atoms with van der Waals surface area (Å²) in [6, 6.07) is 11.7. The summed E-state index contributed by atoms with van der Waals surface area (Å²) in [6.07, 6.45) is 0.556. The molecule has 1 heterocycles. The molecular weight excluding hydrogens is 326 g/mol. The zero-order chi connectivity index (χ0) is 17.8. The van der Waals surface area contributed by atoms with Gasteiger partial charge >= 0.3 is 0 Å². The fourth-order valence-corrected chi connectivity index (χ4v) is 2.93. The minimum Gasteiger partial charge on any atom is -0.337 e. The van der Waals surface area contributed by atoms with Crippen LogP contribution in [0.3, 0.4) is 0 Å². The molecule has 0 aromatic heterocycles. The Kier molecular flexibility index (Phi) is 5.07. The van der Waals surface area contributed by atoms with Gasteiger partial charge in [-0.1, -0.05) is 24.3 Å². The Morgan fingerprint density at radius 2 is 1.08 bits per heavy atom. The minimum absolute atomic E-state index is 0.0244. The number of hydrogen-bond acceptors (Lipinski definition) is 2. The van der Waals surface area contributed by atoms with Gasteiger partial charge in [0.1, 0.15) is 11.6 Å². The van der Waals surface area contributed by atoms with E-state index in [1.807, 2.05) is 0 Å². The fourth-order valence-electron chi connectivity index (χ4n) is 2.93. The van der Waals surface area contributed by atoms with E-state index in [0.717, 1.165) is 0 Å². The highest BCUT2D eigenvalue weighted by molar-refractivity contribution is 5.95. The SMILES string of the molecule is O=C(c1ccccc1F)N1CCCN(C(=O)c2ccccc2F)CC1. The second kappa shape index (κ2) is 7.42. The van der Waals surface area contributed by atoms with Gasteiger partial charge < -0.3 is 9.80 Å². The molecule has 6 heteroatoms. The third kappa shape index (κ3) is 3.68. The third-order valence-corrected chi connectivity index (χ3v) is 4.28. The van der Waals surface area contributed by atoms with Crippen LogP contribution in [0.2, 0.25) is 0 Å². The predicted molar refractivity (Wildman–Crippen MR) is 89.2 cm³/mol. The van der Waals surface area contributed by atoms with Crippen molar-refractivity contribution < 1.29 is 18.4 Å². The molecule has 1 saturated heterocycles. The summed E-state index contributed by atoms with van der Waals surface area (Å²) < 4.78 is 27.6. The molecule has 1 fully saturated rings. The molecule has 130 valence electrons. The Balaban J connectivity index is 1.70. The molecule has 0 unspecified atom stereocenters. The van der Waals surface area contributed by atoms with Crippen molar-refractivity contribution in [2.75, 3.05) is 26.2 Å². The molecule has 4 nitrogen and oxygen atoms in total. The molecule has 3 rings (SSSR count). The lowest BCUT2D eigenvalue weighted by molar-refractivity contribution is 0.0713. The number of amides is 2. The first-order valence-corrected chi connectivity index (χ1v) is 8.15. The molecule has 25 heavy (non-hydrogen) atoms. The van der Waals surface area contributed by atoms with Gasteiger partial charge in [-0.15, -0.1) is 0 Å². The second-order valence-electron chi connectivity index (χ2n) is 5.90. The van der Waals surface area contributed by atoms with E-state index in [1.165, 1.54) is 46.2 Å². The van der Waals surface area contributed by atoms with E-state index >= 15 is 0 Å². The van der Waals surface area contributed by atoms with Crippen LogP contribution < -0.4 is 0 Å². The summed E-state index contributed by atoms with van der Waals surface area (Å²) >= 11 is 0. The monoisotopic (exact) mass is 344 g/mol. The van der Waals surface area contributed by atoms with Crippen molar-refractivity contribution in [3.8, 4) is 0 Å². The molecular formula is C19H18F2N2O2. The van der Waals surface area contributed by atoms with Crippen molar-refractivity contribution in [2.24, 2.45) is 0 Å². The number of benzene rings is 2. The van der Waals surface area contributed by atoms with Crippen molar-refractivity contribution in [1.29, 1.82) is 0 Å². The molecule has 1 aliphatic heterocycles. The quantitative estimate of drug-likeness (QED) is 0.840. The maximum Gasteiger partial charge on any atom is 0.256 e. The summed E-state index contributed by atoms with van der Waals surface area (Å²) in [5.74, 6) is -1.90. The molecule has 0 saturated carbocycles. The van der Waals surface area contributed by atoms with Crippen LogP contribution in [0, 0.1) is 11.6 Å². The Hall–Kier alpha value is -2.76. The Morgan fingerprint density at radius 3 is 1.48 bits per heavy atom. The third-order valence-electron chi connectivity index (χ3n) is 4.28. The molecule has 0 N–H and O–H groups in total. The van der Waals surface area contributed by atoms with Crippen LogP contribution in [0.5, 0.6) is 0 Å². The first kappa shape index (κ1) is 17.1. The summed E-state index contributed by atoms with van der Waals surface area (Å²) in [4.78, 5) is 28.1. The van der Waals surface area contributed by atoms with Crippen LogP contribution >= 0.6 is 0 Å². The molecule has 0 aliphatic carbocycles. The Labute approximate surface area is 144 Å². The van der Waals surface area contributed by atoms with Gasteiger partial charge in [0.25, 0.3) is 11.8 Å². The number of hydrogen-bond donors (Lipinski definition) is 0. The van der Waals surface area contributed by atoms with Gasteiger partial charge in [-0.05, 0) is 30.7 Å². The van der Waals surface area contributed by atoms with Crippen molar-refractivity contribution in [3.63, 3.8) is 0 Å². The Morgan fingerprint density at radius 1 is 0.680 bits per heavy atom. The van der Waals surface area contributed by atoms with Gasteiger partial charge in [-0.2, -0.15) is 0 Å². The van der Waals surface area contributed by atoms with Crippen LogP contribution in [0.15, 0.2) is 48.5 Å². The average Bonchev–Trinajstić information content (AvgIpc) is 2.87. The largest absolute Gasteiger partial charge is 0.337 e. The topological polar surface area (TPSA) is 40.6 Å². The predicted octanol–water partition coefficient (Wildman–Crippen LogP) is 2.95. The molecule has 2 aromatic carbocycles. The van der Waals surface area contributed by atoms with Gasteiger partial charge in [0.2, 0.25) is 0 Å². The van der Waals surface area contributed by atoms with E-state index in [-0.39, 0.29) is 24.2 Å². The van der Waals surface area contributed by atoms with E-state index in [2.05, 4.69) is 0 Å². The molecule has 0 bridgehead atoms. The summed E-state index contributed by atoms with van der Waals surface area (Å²) in [6.45, 7) is 1.42. The van der Waals surface area contributed by atoms with Crippen molar-refractivity contribution in [2.45, 2.75) is 6.42 Å². The van der Waals surface area contributed by atoms with Crippen molar-refractivity contribution in [1.82, 2.24) is 9.80 Å². The first-order chi connectivity index (χ1) is 12.1. The highest BCUT2D eigenvalue weighted by atomic mass is 19.1. The van der Waals surface area contributed by atoms with Crippen LogP contribution in [-0.2, 0) is 0 Å². The number of carbonyl (C=O) groups excluding carboxylic acids is 2. The first-order valence-electron chi connectivity index (χ1n) is 8.15. The zero-order valence-corrected chi connectivity index (χ0v) is 13.6. The van der Waals surface area contributed by atoms with Crippen LogP contribution in [0.4, 0.5) is 8.78 Å². The lowest BCUT2D eigenvalue weighted by atomic mass is 10.2. The van der Waals surface area contributed by atoms with Crippen LogP contribution in [0.1, 0.15) is 27.1 Å². The average molecular weight is 344 g/mol. The Bertz CT molecular complexity index is 729. The summed E-state index contributed by atoms with van der Waals surface area (Å²) in [5, 5.41) is 0. The lowest BCUT2D eigenvalue weighted by Gasteiger charge is -2.22. The number of rotatable bonds is 2. The van der Waals surface area contributed by atoms with Gasteiger partial charge in [-0.25, -0.2) is 8.78 Å². The molecule has 2 aromatic rings. The molecule has 0 radical (unpaired) electrons. The highest BCUT2D eigenvalue weighted by Gasteiger charge is 2.25. The molecule has 0 spiro atoms. The standard InChI is InChI=1S/C19H18F2N2O2/c20-16-8-3-1-6-14(16)18(24)22-10-5-11-23(13-12-22)19(25)15-7-2-4-9-17(15)21/h1-4,6-9H,5,10-13H2. The van der Waals surface area contributed by atoms with Crippen LogP contribution in [0.25, 0.3) is 0 Å². The molecule has 2 amide bonds. The number of carbonyl (C=O) groups is 2. The normalized spacial score (nSPS) is 15.0. The van der Waals surface area contributed by atoms with E-state index in [0.29, 0.717) is 19.5 Å². The maximum atomic E-state index is 13.8. The molecule has 0 atom stereocenters. The van der Waals surface area contributed by atoms with E-state index in [9.17, 15) is 18.4 Å².